The SMILES string of the molecule is CCOc1nccc(-c2cc3cn[nH]c3nc2C2=CCCO2)n1. The number of pyridine rings is 1. The van der Waals surface area contributed by atoms with E-state index in [1.165, 1.54) is 0 Å². The van der Waals surface area contributed by atoms with Crippen LogP contribution in [0.2, 0.25) is 0 Å². The Morgan fingerprint density at radius 2 is 2.30 bits per heavy atom. The molecule has 23 heavy (non-hydrogen) atoms. The van der Waals surface area contributed by atoms with Crippen LogP contribution >= 0.6 is 0 Å². The molecule has 0 unspecified atom stereocenters. The van der Waals surface area contributed by atoms with Gasteiger partial charge in [-0.15, -0.1) is 0 Å². The fourth-order valence-electron chi connectivity index (χ4n) is 2.54. The van der Waals surface area contributed by atoms with Crippen LogP contribution in [0.25, 0.3) is 28.0 Å². The zero-order chi connectivity index (χ0) is 15.6. The van der Waals surface area contributed by atoms with E-state index in [4.69, 9.17) is 9.47 Å². The maximum Gasteiger partial charge on any atom is 0.316 e. The highest BCUT2D eigenvalue weighted by molar-refractivity contribution is 5.86. The molecule has 1 aliphatic rings. The van der Waals surface area contributed by atoms with Crippen LogP contribution in [0.4, 0.5) is 0 Å². The van der Waals surface area contributed by atoms with Gasteiger partial charge in [0.2, 0.25) is 0 Å². The van der Waals surface area contributed by atoms with Crippen LogP contribution in [0, 0.1) is 0 Å². The Bertz CT molecular complexity index is 887. The minimum Gasteiger partial charge on any atom is -0.491 e. The molecule has 4 heterocycles. The van der Waals surface area contributed by atoms with Crippen molar-refractivity contribution in [2.75, 3.05) is 13.2 Å². The average molecular weight is 309 g/mol. The summed E-state index contributed by atoms with van der Waals surface area (Å²) in [5.74, 6) is 0.771. The van der Waals surface area contributed by atoms with E-state index in [-0.39, 0.29) is 0 Å². The molecule has 0 fully saturated rings. The van der Waals surface area contributed by atoms with E-state index in [1.54, 1.807) is 12.4 Å². The smallest absolute Gasteiger partial charge is 0.316 e. The first-order valence-corrected chi connectivity index (χ1v) is 7.49. The molecule has 0 bridgehead atoms. The summed E-state index contributed by atoms with van der Waals surface area (Å²) in [5, 5.41) is 7.85. The zero-order valence-electron chi connectivity index (χ0n) is 12.6. The van der Waals surface area contributed by atoms with Gasteiger partial charge in [-0.25, -0.2) is 9.97 Å². The number of fused-ring (bicyclic) bond motifs is 1. The van der Waals surface area contributed by atoms with Gasteiger partial charge in [0, 0.05) is 23.6 Å². The second-order valence-corrected chi connectivity index (χ2v) is 5.06. The molecule has 116 valence electrons. The summed E-state index contributed by atoms with van der Waals surface area (Å²) < 4.78 is 11.1. The molecule has 3 aromatic rings. The van der Waals surface area contributed by atoms with E-state index < -0.39 is 0 Å². The number of aromatic amines is 1. The number of rotatable bonds is 4. The van der Waals surface area contributed by atoms with Crippen LogP contribution < -0.4 is 4.74 Å². The van der Waals surface area contributed by atoms with E-state index in [0.717, 1.165) is 40.2 Å². The fraction of sp³-hybridized carbons (Fsp3) is 0.250. The van der Waals surface area contributed by atoms with Crippen molar-refractivity contribution in [3.63, 3.8) is 0 Å². The number of ether oxygens (including phenoxy) is 2. The Morgan fingerprint density at radius 1 is 1.35 bits per heavy atom. The van der Waals surface area contributed by atoms with Gasteiger partial charge in [-0.05, 0) is 25.1 Å². The van der Waals surface area contributed by atoms with Crippen molar-refractivity contribution in [1.29, 1.82) is 0 Å². The summed E-state index contributed by atoms with van der Waals surface area (Å²) in [5.41, 5.74) is 3.08. The normalized spacial score (nSPS) is 13.9. The quantitative estimate of drug-likeness (QED) is 0.797. The largest absolute Gasteiger partial charge is 0.491 e. The Kier molecular flexibility index (Phi) is 3.38. The van der Waals surface area contributed by atoms with Gasteiger partial charge in [-0.1, -0.05) is 0 Å². The van der Waals surface area contributed by atoms with Gasteiger partial charge in [-0.3, -0.25) is 5.10 Å². The molecule has 1 aliphatic heterocycles. The standard InChI is InChI=1S/C16H15N5O2/c1-2-22-16-17-6-5-12(19-16)11-8-10-9-18-21-15(10)20-14(11)13-4-3-7-23-13/h4-6,8-9H,2-3,7H2,1H3,(H,18,20,21). The zero-order valence-corrected chi connectivity index (χ0v) is 12.6. The molecule has 0 aromatic carbocycles. The molecule has 7 nitrogen and oxygen atoms in total. The van der Waals surface area contributed by atoms with Gasteiger partial charge in [0.05, 0.1) is 25.1 Å². The predicted molar refractivity (Wildman–Crippen MR) is 84.6 cm³/mol. The van der Waals surface area contributed by atoms with Crippen LogP contribution in [0.15, 0.2) is 30.6 Å². The number of nitrogens with zero attached hydrogens (tertiary/aromatic N) is 4. The lowest BCUT2D eigenvalue weighted by Gasteiger charge is -2.10. The van der Waals surface area contributed by atoms with Gasteiger partial charge in [0.15, 0.2) is 5.65 Å². The summed E-state index contributed by atoms with van der Waals surface area (Å²) >= 11 is 0. The van der Waals surface area contributed by atoms with Crippen LogP contribution in [0.3, 0.4) is 0 Å². The number of nitrogens with one attached hydrogen (secondary N) is 1. The third-order valence-corrected chi connectivity index (χ3v) is 3.55. The molecule has 0 radical (unpaired) electrons. The Balaban J connectivity index is 1.90. The maximum atomic E-state index is 5.69. The van der Waals surface area contributed by atoms with Crippen molar-refractivity contribution in [3.8, 4) is 17.3 Å². The number of hydrogen-bond donors (Lipinski definition) is 1. The molecule has 0 amide bonds. The summed E-state index contributed by atoms with van der Waals surface area (Å²) in [6.07, 6.45) is 6.34. The minimum absolute atomic E-state index is 0.351. The topological polar surface area (TPSA) is 85.8 Å². The molecular weight excluding hydrogens is 294 g/mol. The molecule has 0 saturated heterocycles. The van der Waals surface area contributed by atoms with Crippen LogP contribution in [0.1, 0.15) is 19.0 Å². The van der Waals surface area contributed by atoms with E-state index in [2.05, 4.69) is 25.1 Å². The highest BCUT2D eigenvalue weighted by Gasteiger charge is 2.19. The van der Waals surface area contributed by atoms with Gasteiger partial charge in [0.1, 0.15) is 11.5 Å². The van der Waals surface area contributed by atoms with Crippen molar-refractivity contribution >= 4 is 16.8 Å². The molecule has 7 heteroatoms. The van der Waals surface area contributed by atoms with Gasteiger partial charge in [0.25, 0.3) is 0 Å². The summed E-state index contributed by atoms with van der Waals surface area (Å²) in [6.45, 7) is 3.09. The van der Waals surface area contributed by atoms with Crippen LogP contribution in [-0.4, -0.2) is 38.4 Å². The second kappa shape index (κ2) is 5.68. The highest BCUT2D eigenvalue weighted by atomic mass is 16.5. The third kappa shape index (κ3) is 2.50. The van der Waals surface area contributed by atoms with E-state index in [1.807, 2.05) is 25.1 Å². The monoisotopic (exact) mass is 309 g/mol. The second-order valence-electron chi connectivity index (χ2n) is 5.06. The highest BCUT2D eigenvalue weighted by Crippen LogP contribution is 2.32. The first-order chi connectivity index (χ1) is 11.3. The maximum absolute atomic E-state index is 5.69. The molecular formula is C16H15N5O2. The minimum atomic E-state index is 0.351. The van der Waals surface area contributed by atoms with Gasteiger partial charge in [-0.2, -0.15) is 10.1 Å². The van der Waals surface area contributed by atoms with E-state index in [9.17, 15) is 0 Å². The number of hydrogen-bond acceptors (Lipinski definition) is 6. The molecule has 0 aliphatic carbocycles. The number of H-pyrrole nitrogens is 1. The lowest BCUT2D eigenvalue weighted by molar-refractivity contribution is 0.306. The number of aromatic nitrogens is 5. The lowest BCUT2D eigenvalue weighted by Crippen LogP contribution is -2.01. The molecule has 0 spiro atoms. The summed E-state index contributed by atoms with van der Waals surface area (Å²) in [7, 11) is 0. The van der Waals surface area contributed by atoms with Crippen molar-refractivity contribution < 1.29 is 9.47 Å². The van der Waals surface area contributed by atoms with E-state index in [0.29, 0.717) is 19.2 Å². The Labute approximate surface area is 132 Å². The molecule has 4 rings (SSSR count). The van der Waals surface area contributed by atoms with Crippen LogP contribution in [0.5, 0.6) is 6.01 Å². The summed E-state index contributed by atoms with van der Waals surface area (Å²) in [4.78, 5) is 13.2. The van der Waals surface area contributed by atoms with E-state index >= 15 is 0 Å². The molecule has 0 saturated carbocycles. The summed E-state index contributed by atoms with van der Waals surface area (Å²) in [6, 6.07) is 4.19. The Hall–Kier alpha value is -2.96. The fourth-order valence-corrected chi connectivity index (χ4v) is 2.54. The molecule has 3 aromatic heterocycles. The lowest BCUT2D eigenvalue weighted by atomic mass is 10.1. The Morgan fingerprint density at radius 3 is 3.13 bits per heavy atom. The van der Waals surface area contributed by atoms with Crippen LogP contribution in [-0.2, 0) is 4.74 Å². The van der Waals surface area contributed by atoms with Crippen molar-refractivity contribution in [1.82, 2.24) is 25.1 Å². The average Bonchev–Trinajstić information content (AvgIpc) is 3.25. The van der Waals surface area contributed by atoms with Gasteiger partial charge >= 0.3 is 6.01 Å². The first kappa shape index (κ1) is 13.7. The van der Waals surface area contributed by atoms with Crippen molar-refractivity contribution in [2.24, 2.45) is 0 Å². The van der Waals surface area contributed by atoms with Gasteiger partial charge < -0.3 is 9.47 Å². The molecule has 1 N–H and O–H groups in total. The van der Waals surface area contributed by atoms with Crippen molar-refractivity contribution in [2.45, 2.75) is 13.3 Å². The predicted octanol–water partition coefficient (Wildman–Crippen LogP) is 2.57. The third-order valence-electron chi connectivity index (χ3n) is 3.55. The molecule has 0 atom stereocenters. The first-order valence-electron chi connectivity index (χ1n) is 7.49. The van der Waals surface area contributed by atoms with Crippen molar-refractivity contribution in [3.05, 3.63) is 36.3 Å².